The third kappa shape index (κ3) is 3.69. The Hall–Kier alpha value is -0.610. The zero-order chi connectivity index (χ0) is 13.8. The summed E-state index contributed by atoms with van der Waals surface area (Å²) in [5.74, 6) is 0.0871. The SMILES string of the molecule is CCC(CC)NC(=O)C(C)NC1(C)CCOC1C. The van der Waals surface area contributed by atoms with Gasteiger partial charge in [0.05, 0.1) is 12.1 Å². The largest absolute Gasteiger partial charge is 0.377 e. The van der Waals surface area contributed by atoms with Gasteiger partial charge in [-0.15, -0.1) is 0 Å². The molecule has 0 bridgehead atoms. The highest BCUT2D eigenvalue weighted by molar-refractivity contribution is 5.81. The van der Waals surface area contributed by atoms with Crippen molar-refractivity contribution in [2.24, 2.45) is 0 Å². The van der Waals surface area contributed by atoms with Crippen LogP contribution in [0.5, 0.6) is 0 Å². The van der Waals surface area contributed by atoms with Crippen molar-refractivity contribution in [1.82, 2.24) is 10.6 Å². The Bertz CT molecular complexity index is 279. The second-order valence-electron chi connectivity index (χ2n) is 5.57. The first kappa shape index (κ1) is 15.4. The van der Waals surface area contributed by atoms with Crippen molar-refractivity contribution < 1.29 is 9.53 Å². The third-order valence-corrected chi connectivity index (χ3v) is 4.16. The molecule has 0 radical (unpaired) electrons. The first-order valence-corrected chi connectivity index (χ1v) is 7.12. The highest BCUT2D eigenvalue weighted by atomic mass is 16.5. The van der Waals surface area contributed by atoms with E-state index in [2.05, 4.69) is 38.3 Å². The van der Waals surface area contributed by atoms with Gasteiger partial charge < -0.3 is 10.1 Å². The van der Waals surface area contributed by atoms with Crippen LogP contribution in [0.15, 0.2) is 0 Å². The number of amides is 1. The zero-order valence-corrected chi connectivity index (χ0v) is 12.4. The molecule has 0 aliphatic carbocycles. The monoisotopic (exact) mass is 256 g/mol. The molecule has 1 heterocycles. The van der Waals surface area contributed by atoms with E-state index in [1.54, 1.807) is 0 Å². The van der Waals surface area contributed by atoms with Crippen molar-refractivity contribution in [3.8, 4) is 0 Å². The molecule has 0 saturated carbocycles. The summed E-state index contributed by atoms with van der Waals surface area (Å²) in [6, 6.07) is 0.103. The number of ether oxygens (including phenoxy) is 1. The fourth-order valence-electron chi connectivity index (χ4n) is 2.40. The molecule has 18 heavy (non-hydrogen) atoms. The van der Waals surface area contributed by atoms with Crippen LogP contribution in [-0.4, -0.2) is 36.2 Å². The van der Waals surface area contributed by atoms with E-state index in [0.29, 0.717) is 0 Å². The Morgan fingerprint density at radius 2 is 2.06 bits per heavy atom. The molecule has 1 fully saturated rings. The molecule has 1 aliphatic rings. The number of hydrogen-bond acceptors (Lipinski definition) is 3. The maximum atomic E-state index is 12.1. The maximum absolute atomic E-state index is 12.1. The Labute approximate surface area is 111 Å². The molecule has 0 spiro atoms. The van der Waals surface area contributed by atoms with Crippen LogP contribution >= 0.6 is 0 Å². The predicted molar refractivity (Wildman–Crippen MR) is 73.5 cm³/mol. The van der Waals surface area contributed by atoms with Gasteiger partial charge in [0.1, 0.15) is 0 Å². The van der Waals surface area contributed by atoms with E-state index in [-0.39, 0.29) is 29.6 Å². The lowest BCUT2D eigenvalue weighted by Gasteiger charge is -2.32. The summed E-state index contributed by atoms with van der Waals surface area (Å²) in [5, 5.41) is 6.50. The number of carbonyl (C=O) groups excluding carboxylic acids is 1. The van der Waals surface area contributed by atoms with Gasteiger partial charge in [-0.25, -0.2) is 0 Å². The van der Waals surface area contributed by atoms with Crippen molar-refractivity contribution in [2.45, 2.75) is 77.6 Å². The van der Waals surface area contributed by atoms with Gasteiger partial charge in [0.25, 0.3) is 0 Å². The average Bonchev–Trinajstić information content (AvgIpc) is 2.65. The van der Waals surface area contributed by atoms with Gasteiger partial charge in [-0.05, 0) is 40.0 Å². The molecule has 1 rings (SSSR count). The standard InChI is InChI=1S/C14H28N2O2/c1-6-12(7-2)15-13(17)10(3)16-14(5)8-9-18-11(14)4/h10-12,16H,6-9H2,1-5H3,(H,15,17). The molecule has 1 saturated heterocycles. The molecule has 106 valence electrons. The highest BCUT2D eigenvalue weighted by Gasteiger charge is 2.38. The smallest absolute Gasteiger partial charge is 0.237 e. The summed E-state index contributed by atoms with van der Waals surface area (Å²) >= 11 is 0. The Kier molecular flexibility index (Phi) is 5.60. The fraction of sp³-hybridized carbons (Fsp3) is 0.929. The fourth-order valence-corrected chi connectivity index (χ4v) is 2.40. The first-order valence-electron chi connectivity index (χ1n) is 7.12. The molecule has 0 aromatic heterocycles. The summed E-state index contributed by atoms with van der Waals surface area (Å²) in [6.45, 7) is 11.1. The number of rotatable bonds is 6. The molecule has 3 unspecified atom stereocenters. The summed E-state index contributed by atoms with van der Waals surface area (Å²) in [6.07, 6.45) is 3.06. The summed E-state index contributed by atoms with van der Waals surface area (Å²) < 4.78 is 5.58. The van der Waals surface area contributed by atoms with E-state index in [1.165, 1.54) is 0 Å². The topological polar surface area (TPSA) is 50.4 Å². The number of nitrogens with one attached hydrogen (secondary N) is 2. The van der Waals surface area contributed by atoms with E-state index in [4.69, 9.17) is 4.74 Å². The third-order valence-electron chi connectivity index (χ3n) is 4.16. The summed E-state index contributed by atoms with van der Waals surface area (Å²) in [7, 11) is 0. The highest BCUT2D eigenvalue weighted by Crippen LogP contribution is 2.25. The van der Waals surface area contributed by atoms with Gasteiger partial charge in [0.15, 0.2) is 0 Å². The van der Waals surface area contributed by atoms with Crippen molar-refractivity contribution >= 4 is 5.91 Å². The lowest BCUT2D eigenvalue weighted by atomic mass is 9.93. The summed E-state index contributed by atoms with van der Waals surface area (Å²) in [5.41, 5.74) is -0.0926. The molecule has 0 aromatic rings. The molecular formula is C14H28N2O2. The van der Waals surface area contributed by atoms with Crippen LogP contribution in [0.4, 0.5) is 0 Å². The summed E-state index contributed by atoms with van der Waals surface area (Å²) in [4.78, 5) is 12.1. The Morgan fingerprint density at radius 3 is 2.50 bits per heavy atom. The van der Waals surface area contributed by atoms with E-state index < -0.39 is 0 Å². The Balaban J connectivity index is 2.49. The van der Waals surface area contributed by atoms with Crippen molar-refractivity contribution in [3.05, 3.63) is 0 Å². The van der Waals surface area contributed by atoms with Crippen molar-refractivity contribution in [3.63, 3.8) is 0 Å². The van der Waals surface area contributed by atoms with E-state index in [1.807, 2.05) is 6.92 Å². The van der Waals surface area contributed by atoms with Crippen LogP contribution in [0, 0.1) is 0 Å². The molecule has 1 aliphatic heterocycles. The number of carbonyl (C=O) groups is 1. The molecular weight excluding hydrogens is 228 g/mol. The van der Waals surface area contributed by atoms with Gasteiger partial charge in [-0.3, -0.25) is 10.1 Å². The van der Waals surface area contributed by atoms with Gasteiger partial charge in [0.2, 0.25) is 5.91 Å². The normalized spacial score (nSPS) is 29.6. The van der Waals surface area contributed by atoms with Crippen molar-refractivity contribution in [1.29, 1.82) is 0 Å². The lowest BCUT2D eigenvalue weighted by molar-refractivity contribution is -0.124. The molecule has 0 aromatic carbocycles. The van der Waals surface area contributed by atoms with Gasteiger partial charge in [0, 0.05) is 18.2 Å². The molecule has 2 N–H and O–H groups in total. The van der Waals surface area contributed by atoms with E-state index in [0.717, 1.165) is 25.9 Å². The van der Waals surface area contributed by atoms with Gasteiger partial charge >= 0.3 is 0 Å². The van der Waals surface area contributed by atoms with E-state index >= 15 is 0 Å². The minimum atomic E-state index is -0.181. The quantitative estimate of drug-likeness (QED) is 0.762. The zero-order valence-electron chi connectivity index (χ0n) is 12.4. The second kappa shape index (κ2) is 6.53. The molecule has 3 atom stereocenters. The molecule has 1 amide bonds. The Morgan fingerprint density at radius 1 is 1.44 bits per heavy atom. The maximum Gasteiger partial charge on any atom is 0.237 e. The molecule has 4 nitrogen and oxygen atoms in total. The first-order chi connectivity index (χ1) is 8.42. The van der Waals surface area contributed by atoms with Gasteiger partial charge in [-0.2, -0.15) is 0 Å². The van der Waals surface area contributed by atoms with Crippen LogP contribution in [0.1, 0.15) is 53.9 Å². The van der Waals surface area contributed by atoms with Crippen LogP contribution in [0.25, 0.3) is 0 Å². The van der Waals surface area contributed by atoms with Gasteiger partial charge in [-0.1, -0.05) is 13.8 Å². The molecule has 4 heteroatoms. The predicted octanol–water partition coefficient (Wildman–Crippen LogP) is 1.84. The number of hydrogen-bond donors (Lipinski definition) is 2. The minimum Gasteiger partial charge on any atom is -0.377 e. The average molecular weight is 256 g/mol. The van der Waals surface area contributed by atoms with E-state index in [9.17, 15) is 4.79 Å². The lowest BCUT2D eigenvalue weighted by Crippen LogP contribution is -2.56. The van der Waals surface area contributed by atoms with Crippen LogP contribution in [0.3, 0.4) is 0 Å². The van der Waals surface area contributed by atoms with Crippen LogP contribution in [-0.2, 0) is 9.53 Å². The van der Waals surface area contributed by atoms with Crippen LogP contribution < -0.4 is 10.6 Å². The minimum absolute atomic E-state index is 0.0871. The second-order valence-corrected chi connectivity index (χ2v) is 5.57. The van der Waals surface area contributed by atoms with Crippen molar-refractivity contribution in [2.75, 3.05) is 6.61 Å². The van der Waals surface area contributed by atoms with Crippen LogP contribution in [0.2, 0.25) is 0 Å².